The number of ether oxygens (including phenoxy) is 2. The molecule has 0 saturated heterocycles. The monoisotopic (exact) mass is 348 g/mol. The molecule has 3 rings (SSSR count). The molecule has 8 nitrogen and oxygen atoms in total. The summed E-state index contributed by atoms with van der Waals surface area (Å²) in [6, 6.07) is 8.78. The summed E-state index contributed by atoms with van der Waals surface area (Å²) in [7, 11) is 1.42. The van der Waals surface area contributed by atoms with Crippen molar-refractivity contribution in [3.63, 3.8) is 0 Å². The van der Waals surface area contributed by atoms with Gasteiger partial charge in [-0.25, -0.2) is 4.98 Å². The molecule has 124 valence electrons. The van der Waals surface area contributed by atoms with Gasteiger partial charge in [0.05, 0.1) is 5.56 Å². The lowest BCUT2D eigenvalue weighted by atomic mass is 10.1. The maximum absolute atomic E-state index is 5.85. The number of nitrogens with zero attached hydrogens (tertiary/aromatic N) is 4. The Kier molecular flexibility index (Phi) is 5.07. The number of benzene rings is 1. The Morgan fingerprint density at radius 1 is 1.25 bits per heavy atom. The smallest absolute Gasteiger partial charge is 0.323 e. The van der Waals surface area contributed by atoms with Crippen molar-refractivity contribution in [2.75, 3.05) is 20.3 Å². The van der Waals surface area contributed by atoms with Gasteiger partial charge in [0.2, 0.25) is 0 Å². The molecule has 0 aliphatic carbocycles. The second kappa shape index (κ2) is 7.60. The van der Waals surface area contributed by atoms with Gasteiger partial charge in [-0.2, -0.15) is 4.98 Å². The van der Waals surface area contributed by atoms with Crippen LogP contribution in [0.25, 0.3) is 0 Å². The van der Waals surface area contributed by atoms with Crippen LogP contribution < -0.4 is 4.74 Å². The highest BCUT2D eigenvalue weighted by Crippen LogP contribution is 2.25. The van der Waals surface area contributed by atoms with Gasteiger partial charge < -0.3 is 19.1 Å². The average Bonchev–Trinajstić information content (AvgIpc) is 2.61. The maximum atomic E-state index is 5.85. The first-order valence-electron chi connectivity index (χ1n) is 6.98. The van der Waals surface area contributed by atoms with Crippen LogP contribution in [-0.2, 0) is 14.4 Å². The van der Waals surface area contributed by atoms with Gasteiger partial charge in [-0.1, -0.05) is 28.9 Å². The van der Waals surface area contributed by atoms with Crippen LogP contribution in [0.4, 0.5) is 0 Å². The molecule has 1 aliphatic rings. The van der Waals surface area contributed by atoms with Crippen LogP contribution in [0.1, 0.15) is 5.56 Å². The molecule has 2 heterocycles. The molecule has 0 bridgehead atoms. The molecule has 24 heavy (non-hydrogen) atoms. The van der Waals surface area contributed by atoms with E-state index in [1.165, 1.54) is 13.3 Å². The lowest BCUT2D eigenvalue weighted by Crippen LogP contribution is -2.25. The molecule has 0 radical (unpaired) electrons. The summed E-state index contributed by atoms with van der Waals surface area (Å²) in [4.78, 5) is 18.0. The van der Waals surface area contributed by atoms with E-state index >= 15 is 0 Å². The van der Waals surface area contributed by atoms with Crippen molar-refractivity contribution >= 4 is 23.2 Å². The number of para-hydroxylation sites is 1. The highest BCUT2D eigenvalue weighted by molar-refractivity contribution is 6.45. The molecule has 2 aromatic rings. The first-order chi connectivity index (χ1) is 11.8. The molecule has 9 heteroatoms. The lowest BCUT2D eigenvalue weighted by Gasteiger charge is -2.16. The largest absolute Gasteiger partial charge is 0.470 e. The number of rotatable bonds is 5. The minimum absolute atomic E-state index is 0.106. The minimum atomic E-state index is 0.106. The second-order valence-corrected chi connectivity index (χ2v) is 4.85. The number of hydrogen-bond donors (Lipinski definition) is 0. The Bertz CT molecular complexity index is 782. The van der Waals surface area contributed by atoms with Crippen LogP contribution in [0.5, 0.6) is 11.8 Å². The molecule has 0 fully saturated rings. The normalized spacial score (nSPS) is 14.2. The fourth-order valence-electron chi connectivity index (χ4n) is 1.93. The highest BCUT2D eigenvalue weighted by Gasteiger charge is 2.22. The third kappa shape index (κ3) is 3.72. The Morgan fingerprint density at radius 3 is 2.88 bits per heavy atom. The van der Waals surface area contributed by atoms with Gasteiger partial charge in [0.25, 0.3) is 5.90 Å². The summed E-state index contributed by atoms with van der Waals surface area (Å²) in [5, 5.41) is 8.11. The van der Waals surface area contributed by atoms with Gasteiger partial charge >= 0.3 is 6.01 Å². The summed E-state index contributed by atoms with van der Waals surface area (Å²) < 4.78 is 11.2. The molecule has 0 atom stereocenters. The zero-order chi connectivity index (χ0) is 16.8. The predicted molar refractivity (Wildman–Crippen MR) is 86.4 cm³/mol. The molecule has 0 spiro atoms. The molecule has 0 amide bonds. The number of halogens is 1. The van der Waals surface area contributed by atoms with Crippen molar-refractivity contribution in [3.8, 4) is 11.8 Å². The summed E-state index contributed by atoms with van der Waals surface area (Å²) in [5.74, 6) is 0.638. The topological polar surface area (TPSA) is 87.4 Å². The molecule has 0 unspecified atom stereocenters. The maximum Gasteiger partial charge on any atom is 0.323 e. The molecule has 0 saturated carbocycles. The molecule has 1 aromatic carbocycles. The van der Waals surface area contributed by atoms with Crippen LogP contribution in [0.3, 0.4) is 0 Å². The molecule has 0 N–H and O–H groups in total. The fraction of sp³-hybridized carbons (Fsp3) is 0.200. The van der Waals surface area contributed by atoms with Gasteiger partial charge in [0, 0.05) is 6.20 Å². The van der Waals surface area contributed by atoms with Gasteiger partial charge in [0.1, 0.15) is 24.6 Å². The van der Waals surface area contributed by atoms with Crippen LogP contribution in [0, 0.1) is 0 Å². The summed E-state index contributed by atoms with van der Waals surface area (Å²) >= 11 is 5.85. The number of aromatic nitrogens is 2. The van der Waals surface area contributed by atoms with E-state index in [9.17, 15) is 0 Å². The zero-order valence-electron chi connectivity index (χ0n) is 12.7. The van der Waals surface area contributed by atoms with E-state index in [0.29, 0.717) is 30.2 Å². The van der Waals surface area contributed by atoms with Crippen LogP contribution in [0.2, 0.25) is 5.15 Å². The van der Waals surface area contributed by atoms with Crippen molar-refractivity contribution in [3.05, 3.63) is 47.2 Å². The van der Waals surface area contributed by atoms with E-state index in [4.69, 9.17) is 30.7 Å². The Balaban J connectivity index is 1.97. The first kappa shape index (κ1) is 16.0. The summed E-state index contributed by atoms with van der Waals surface area (Å²) in [6.07, 6.45) is 1.50. The third-order valence-corrected chi connectivity index (χ3v) is 3.10. The van der Waals surface area contributed by atoms with Gasteiger partial charge in [0.15, 0.2) is 12.3 Å². The van der Waals surface area contributed by atoms with Crippen molar-refractivity contribution in [2.24, 2.45) is 10.3 Å². The van der Waals surface area contributed by atoms with Crippen molar-refractivity contribution in [1.82, 2.24) is 9.97 Å². The predicted octanol–water partition coefficient (Wildman–Crippen LogP) is 2.63. The minimum Gasteiger partial charge on any atom is -0.470 e. The van der Waals surface area contributed by atoms with Crippen molar-refractivity contribution in [1.29, 1.82) is 0 Å². The summed E-state index contributed by atoms with van der Waals surface area (Å²) in [6.45, 7) is 0.736. The fourth-order valence-corrected chi connectivity index (χ4v) is 2.06. The van der Waals surface area contributed by atoms with Crippen molar-refractivity contribution < 1.29 is 19.1 Å². The number of oxime groups is 2. The molecular formula is C15H13ClN4O4. The van der Waals surface area contributed by atoms with Crippen LogP contribution >= 0.6 is 11.6 Å². The number of hydrogen-bond acceptors (Lipinski definition) is 8. The second-order valence-electron chi connectivity index (χ2n) is 4.46. The van der Waals surface area contributed by atoms with E-state index in [0.717, 1.165) is 0 Å². The molecular weight excluding hydrogens is 336 g/mol. The zero-order valence-corrected chi connectivity index (χ0v) is 13.4. The van der Waals surface area contributed by atoms with Crippen LogP contribution in [0.15, 0.2) is 46.8 Å². The van der Waals surface area contributed by atoms with E-state index in [-0.39, 0.29) is 17.1 Å². The summed E-state index contributed by atoms with van der Waals surface area (Å²) in [5.41, 5.74) is 0.905. The van der Waals surface area contributed by atoms with Gasteiger partial charge in [-0.3, -0.25) is 0 Å². The van der Waals surface area contributed by atoms with E-state index in [2.05, 4.69) is 20.3 Å². The van der Waals surface area contributed by atoms with E-state index in [1.807, 2.05) is 6.07 Å². The van der Waals surface area contributed by atoms with Gasteiger partial charge in [-0.15, -0.1) is 0 Å². The highest BCUT2D eigenvalue weighted by atomic mass is 35.5. The molecule has 1 aromatic heterocycles. The first-order valence-corrected chi connectivity index (χ1v) is 7.36. The quantitative estimate of drug-likeness (QED) is 0.469. The SMILES string of the molecule is CO/N=C(\C1=NOCCO1)c1ccccc1Oc1nccc(Cl)n1. The Hall–Kier alpha value is -2.87. The molecule has 1 aliphatic heterocycles. The lowest BCUT2D eigenvalue weighted by molar-refractivity contribution is 0.0672. The third-order valence-electron chi connectivity index (χ3n) is 2.89. The Morgan fingerprint density at radius 2 is 2.12 bits per heavy atom. The Labute approximate surface area is 142 Å². The standard InChI is InChI=1S/C15H13ClN4O4/c1-21-19-13(14-20-23-9-8-22-14)10-4-2-3-5-11(10)24-15-17-7-6-12(16)18-15/h2-7H,8-9H2,1H3/b19-13-. The van der Waals surface area contributed by atoms with Gasteiger partial charge in [-0.05, 0) is 23.4 Å². The van der Waals surface area contributed by atoms with E-state index in [1.54, 1.807) is 24.3 Å². The average molecular weight is 349 g/mol. The van der Waals surface area contributed by atoms with Crippen LogP contribution in [-0.4, -0.2) is 41.9 Å². The van der Waals surface area contributed by atoms with E-state index < -0.39 is 0 Å². The van der Waals surface area contributed by atoms with Crippen molar-refractivity contribution in [2.45, 2.75) is 0 Å².